The fourth-order valence-electron chi connectivity index (χ4n) is 1.95. The fourth-order valence-corrected chi connectivity index (χ4v) is 1.95. The van der Waals surface area contributed by atoms with Crippen LogP contribution >= 0.6 is 0 Å². The van der Waals surface area contributed by atoms with E-state index in [-0.39, 0.29) is 12.1 Å². The Labute approximate surface area is 89.7 Å². The highest BCUT2D eigenvalue weighted by atomic mass is 16.5. The molecule has 0 unspecified atom stereocenters. The summed E-state index contributed by atoms with van der Waals surface area (Å²) in [6.45, 7) is 4.64. The largest absolute Gasteiger partial charge is 0.489 e. The number of benzene rings is 1. The van der Waals surface area contributed by atoms with E-state index < -0.39 is 0 Å². The summed E-state index contributed by atoms with van der Waals surface area (Å²) in [4.78, 5) is 12.7. The number of carbonyl (C=O) groups excluding carboxylic acids is 1. The lowest BCUT2D eigenvalue weighted by Crippen LogP contribution is -2.31. The Morgan fingerprint density at radius 3 is 2.87 bits per heavy atom. The number of rotatable bonds is 1. The third-order valence-corrected chi connectivity index (χ3v) is 2.80. The first-order valence-electron chi connectivity index (χ1n) is 5.19. The molecule has 15 heavy (non-hydrogen) atoms. The second-order valence-electron chi connectivity index (χ2n) is 3.94. The second-order valence-corrected chi connectivity index (χ2v) is 3.94. The first-order chi connectivity index (χ1) is 7.22. The maximum absolute atomic E-state index is 10.9. The third-order valence-electron chi connectivity index (χ3n) is 2.80. The number of hydrogen-bond donors (Lipinski definition) is 0. The van der Waals surface area contributed by atoms with E-state index in [1.165, 1.54) is 0 Å². The molecule has 0 N–H and O–H groups in total. The smallest absolute Gasteiger partial charge is 0.210 e. The van der Waals surface area contributed by atoms with E-state index in [1.54, 1.807) is 4.90 Å². The van der Waals surface area contributed by atoms with Gasteiger partial charge in [0.15, 0.2) is 0 Å². The number of nitrogens with zero attached hydrogens (tertiary/aromatic N) is 1. The standard InChI is InChI=1S/C12H15NO2/c1-9-7-13(8-14)10(2)11-5-3-4-6-12(11)15-9/h3-6,8-10H,7H2,1-2H3/t9-,10-/m0/s1. The highest BCUT2D eigenvalue weighted by Gasteiger charge is 2.24. The van der Waals surface area contributed by atoms with Crippen LogP contribution in [0.2, 0.25) is 0 Å². The molecule has 1 aliphatic rings. The predicted octanol–water partition coefficient (Wildman–Crippen LogP) is 1.99. The molecule has 0 radical (unpaired) electrons. The zero-order valence-corrected chi connectivity index (χ0v) is 9.01. The van der Waals surface area contributed by atoms with Gasteiger partial charge in [0.2, 0.25) is 6.41 Å². The van der Waals surface area contributed by atoms with E-state index in [9.17, 15) is 4.79 Å². The van der Waals surface area contributed by atoms with Crippen LogP contribution in [-0.2, 0) is 4.79 Å². The molecule has 3 nitrogen and oxygen atoms in total. The number of hydrogen-bond acceptors (Lipinski definition) is 2. The average molecular weight is 205 g/mol. The van der Waals surface area contributed by atoms with E-state index in [4.69, 9.17) is 4.74 Å². The molecule has 1 heterocycles. The van der Waals surface area contributed by atoms with Gasteiger partial charge in [0.25, 0.3) is 0 Å². The summed E-state index contributed by atoms with van der Waals surface area (Å²) in [6, 6.07) is 7.97. The second kappa shape index (κ2) is 3.93. The minimum Gasteiger partial charge on any atom is -0.489 e. The van der Waals surface area contributed by atoms with Crippen LogP contribution in [-0.4, -0.2) is 24.0 Å². The van der Waals surface area contributed by atoms with Gasteiger partial charge in [-0.1, -0.05) is 18.2 Å². The van der Waals surface area contributed by atoms with E-state index in [2.05, 4.69) is 0 Å². The molecule has 0 aromatic heterocycles. The molecule has 1 aliphatic heterocycles. The van der Waals surface area contributed by atoms with Crippen LogP contribution in [0.25, 0.3) is 0 Å². The van der Waals surface area contributed by atoms with Crippen LogP contribution in [0.15, 0.2) is 24.3 Å². The predicted molar refractivity (Wildman–Crippen MR) is 57.7 cm³/mol. The molecule has 2 atom stereocenters. The molecule has 2 rings (SSSR count). The van der Waals surface area contributed by atoms with Crippen molar-refractivity contribution in [3.63, 3.8) is 0 Å². The molecule has 0 aliphatic carbocycles. The highest BCUT2D eigenvalue weighted by molar-refractivity contribution is 5.50. The van der Waals surface area contributed by atoms with Crippen LogP contribution in [0.1, 0.15) is 25.5 Å². The zero-order chi connectivity index (χ0) is 10.8. The molecule has 0 saturated carbocycles. The molecule has 80 valence electrons. The van der Waals surface area contributed by atoms with Crippen molar-refractivity contribution >= 4 is 6.41 Å². The lowest BCUT2D eigenvalue weighted by Gasteiger charge is -2.23. The molecule has 1 aromatic carbocycles. The van der Waals surface area contributed by atoms with Gasteiger partial charge in [-0.25, -0.2) is 0 Å². The molecular formula is C12H15NO2. The van der Waals surface area contributed by atoms with Crippen molar-refractivity contribution in [3.8, 4) is 5.75 Å². The van der Waals surface area contributed by atoms with Gasteiger partial charge in [-0.05, 0) is 19.9 Å². The normalized spacial score (nSPS) is 25.1. The average Bonchev–Trinajstić information content (AvgIpc) is 2.36. The van der Waals surface area contributed by atoms with Crippen molar-refractivity contribution in [1.29, 1.82) is 0 Å². The SMILES string of the molecule is C[C@H]1CN(C=O)[C@@H](C)c2ccccc2O1. The number of carbonyl (C=O) groups is 1. The number of para-hydroxylation sites is 1. The van der Waals surface area contributed by atoms with E-state index >= 15 is 0 Å². The molecule has 1 amide bonds. The maximum atomic E-state index is 10.9. The minimum atomic E-state index is 0.0429. The Bertz CT molecular complexity index is 364. The Balaban J connectivity index is 2.42. The van der Waals surface area contributed by atoms with Gasteiger partial charge >= 0.3 is 0 Å². The highest BCUT2D eigenvalue weighted by Crippen LogP contribution is 2.31. The summed E-state index contributed by atoms with van der Waals surface area (Å²) in [5, 5.41) is 0. The molecule has 0 saturated heterocycles. The number of amides is 1. The monoisotopic (exact) mass is 205 g/mol. The minimum absolute atomic E-state index is 0.0429. The lowest BCUT2D eigenvalue weighted by molar-refractivity contribution is -0.120. The van der Waals surface area contributed by atoms with Crippen LogP contribution in [0.5, 0.6) is 5.75 Å². The zero-order valence-electron chi connectivity index (χ0n) is 9.01. The van der Waals surface area contributed by atoms with Gasteiger partial charge < -0.3 is 9.64 Å². The molecule has 0 fully saturated rings. The van der Waals surface area contributed by atoms with Crippen LogP contribution in [0.3, 0.4) is 0 Å². The molecule has 1 aromatic rings. The van der Waals surface area contributed by atoms with Crippen molar-refractivity contribution in [1.82, 2.24) is 4.90 Å². The molecule has 3 heteroatoms. The number of ether oxygens (including phenoxy) is 1. The van der Waals surface area contributed by atoms with Gasteiger partial charge in [-0.2, -0.15) is 0 Å². The quantitative estimate of drug-likeness (QED) is 0.656. The van der Waals surface area contributed by atoms with Crippen molar-refractivity contribution in [2.24, 2.45) is 0 Å². The van der Waals surface area contributed by atoms with Gasteiger partial charge in [0.1, 0.15) is 11.9 Å². The van der Waals surface area contributed by atoms with Crippen LogP contribution < -0.4 is 4.74 Å². The first-order valence-corrected chi connectivity index (χ1v) is 5.19. The Morgan fingerprint density at radius 2 is 2.13 bits per heavy atom. The van der Waals surface area contributed by atoms with Gasteiger partial charge in [0, 0.05) is 5.56 Å². The first kappa shape index (κ1) is 10.0. The summed E-state index contributed by atoms with van der Waals surface area (Å²) in [5.74, 6) is 0.891. The summed E-state index contributed by atoms with van der Waals surface area (Å²) < 4.78 is 5.76. The maximum Gasteiger partial charge on any atom is 0.210 e. The van der Waals surface area contributed by atoms with Crippen molar-refractivity contribution in [2.75, 3.05) is 6.54 Å². The summed E-state index contributed by atoms with van der Waals surface area (Å²) in [5.41, 5.74) is 1.08. The van der Waals surface area contributed by atoms with Crippen LogP contribution in [0, 0.1) is 0 Å². The van der Waals surface area contributed by atoms with Crippen molar-refractivity contribution in [3.05, 3.63) is 29.8 Å². The summed E-state index contributed by atoms with van der Waals surface area (Å²) in [7, 11) is 0. The molecule has 0 bridgehead atoms. The summed E-state index contributed by atoms with van der Waals surface area (Å²) in [6.07, 6.45) is 0.938. The summed E-state index contributed by atoms with van der Waals surface area (Å²) >= 11 is 0. The van der Waals surface area contributed by atoms with Gasteiger partial charge in [-0.15, -0.1) is 0 Å². The molecular weight excluding hydrogens is 190 g/mol. The van der Waals surface area contributed by atoms with Crippen molar-refractivity contribution < 1.29 is 9.53 Å². The van der Waals surface area contributed by atoms with Crippen molar-refractivity contribution in [2.45, 2.75) is 26.0 Å². The van der Waals surface area contributed by atoms with E-state index in [0.29, 0.717) is 6.54 Å². The Morgan fingerprint density at radius 1 is 1.40 bits per heavy atom. The third kappa shape index (κ3) is 1.82. The van der Waals surface area contributed by atoms with E-state index in [1.807, 2.05) is 38.1 Å². The molecule has 0 spiro atoms. The number of fused-ring (bicyclic) bond motifs is 1. The lowest BCUT2D eigenvalue weighted by atomic mass is 10.1. The van der Waals surface area contributed by atoms with Gasteiger partial charge in [0.05, 0.1) is 12.6 Å². The topological polar surface area (TPSA) is 29.5 Å². The Hall–Kier alpha value is -1.51. The fraction of sp³-hybridized carbons (Fsp3) is 0.417. The van der Waals surface area contributed by atoms with Crippen LogP contribution in [0.4, 0.5) is 0 Å². The van der Waals surface area contributed by atoms with E-state index in [0.717, 1.165) is 17.7 Å². The van der Waals surface area contributed by atoms with Gasteiger partial charge in [-0.3, -0.25) is 4.79 Å². The Kier molecular flexibility index (Phi) is 2.62.